The summed E-state index contributed by atoms with van der Waals surface area (Å²) in [5.74, 6) is 16.4. The van der Waals surface area contributed by atoms with Gasteiger partial charge in [0.15, 0.2) is 23.0 Å². The second kappa shape index (κ2) is 24.9. The zero-order chi connectivity index (χ0) is 37.4. The Labute approximate surface area is 323 Å². The summed E-state index contributed by atoms with van der Waals surface area (Å²) in [6.45, 7) is 11.6. The van der Waals surface area contributed by atoms with Gasteiger partial charge >= 0.3 is 0 Å². The standard InChI is InChI=1S/C46H60N2O4S/c1-5-9-13-17-31-49-41-29-23-37(35-43(41)51-33-19-15-11-7-3)21-25-39-27-28-40(46-45(39)47-53-48-46)26-22-38-24-30-42(50-32-18-14-10-6-2)44(36-38)52-34-20-16-12-8-4/h23-24,27-30,35-36H,5-20,31-34H2,1-4H3. The van der Waals surface area contributed by atoms with E-state index in [1.54, 1.807) is 0 Å². The van der Waals surface area contributed by atoms with E-state index in [0.717, 1.165) is 94.8 Å². The lowest BCUT2D eigenvalue weighted by Crippen LogP contribution is -2.03. The molecule has 53 heavy (non-hydrogen) atoms. The molecular weight excluding hydrogens is 677 g/mol. The van der Waals surface area contributed by atoms with E-state index in [9.17, 15) is 0 Å². The molecule has 1 aromatic heterocycles. The van der Waals surface area contributed by atoms with Gasteiger partial charge in [0.05, 0.1) is 49.3 Å². The molecule has 0 N–H and O–H groups in total. The average Bonchev–Trinajstić information content (AvgIpc) is 3.68. The fraction of sp³-hybridized carbons (Fsp3) is 0.522. The first-order valence-electron chi connectivity index (χ1n) is 20.2. The maximum Gasteiger partial charge on any atom is 0.162 e. The van der Waals surface area contributed by atoms with Crippen molar-refractivity contribution >= 4 is 22.8 Å². The molecule has 0 amide bonds. The van der Waals surface area contributed by atoms with Gasteiger partial charge < -0.3 is 18.9 Å². The number of rotatable bonds is 24. The van der Waals surface area contributed by atoms with E-state index < -0.39 is 0 Å². The Bertz CT molecular complexity index is 1650. The van der Waals surface area contributed by atoms with Gasteiger partial charge in [-0.05, 0) is 74.2 Å². The molecular formula is C46H60N2O4S. The molecule has 0 unspecified atom stereocenters. The topological polar surface area (TPSA) is 62.7 Å². The smallest absolute Gasteiger partial charge is 0.162 e. The summed E-state index contributed by atoms with van der Waals surface area (Å²) in [7, 11) is 0. The third-order valence-electron chi connectivity index (χ3n) is 9.01. The Morgan fingerprint density at radius 1 is 0.415 bits per heavy atom. The maximum absolute atomic E-state index is 6.23. The zero-order valence-electron chi connectivity index (χ0n) is 32.7. The normalized spacial score (nSPS) is 10.7. The molecule has 0 saturated heterocycles. The first-order valence-corrected chi connectivity index (χ1v) is 21.0. The van der Waals surface area contributed by atoms with Crippen LogP contribution in [0.2, 0.25) is 0 Å². The molecule has 1 heterocycles. The molecule has 0 aliphatic rings. The molecule has 284 valence electrons. The van der Waals surface area contributed by atoms with Crippen molar-refractivity contribution in [2.24, 2.45) is 0 Å². The van der Waals surface area contributed by atoms with Crippen LogP contribution in [0.1, 0.15) is 153 Å². The van der Waals surface area contributed by atoms with E-state index in [-0.39, 0.29) is 0 Å². The van der Waals surface area contributed by atoms with Crippen molar-refractivity contribution in [3.05, 3.63) is 70.8 Å². The highest BCUT2D eigenvalue weighted by Gasteiger charge is 2.11. The Balaban J connectivity index is 1.50. The lowest BCUT2D eigenvalue weighted by molar-refractivity contribution is 0.259. The molecule has 0 aliphatic carbocycles. The second-order valence-electron chi connectivity index (χ2n) is 13.6. The number of hydrogen-bond acceptors (Lipinski definition) is 7. The number of aromatic nitrogens is 2. The molecule has 0 saturated carbocycles. The molecule has 4 aromatic rings. The minimum absolute atomic E-state index is 0.668. The number of hydrogen-bond donors (Lipinski definition) is 0. The summed E-state index contributed by atoms with van der Waals surface area (Å²) < 4.78 is 34.0. The Kier molecular flexibility index (Phi) is 19.5. The minimum Gasteiger partial charge on any atom is -0.490 e. The zero-order valence-corrected chi connectivity index (χ0v) is 33.5. The van der Waals surface area contributed by atoms with E-state index in [2.05, 4.69) is 60.1 Å². The lowest BCUT2D eigenvalue weighted by Gasteiger charge is -2.13. The van der Waals surface area contributed by atoms with Gasteiger partial charge in [0, 0.05) is 11.1 Å². The van der Waals surface area contributed by atoms with E-state index in [4.69, 9.17) is 18.9 Å². The molecule has 0 spiro atoms. The number of fused-ring (bicyclic) bond motifs is 1. The molecule has 0 fully saturated rings. The summed E-state index contributed by atoms with van der Waals surface area (Å²) in [5, 5.41) is 0. The highest BCUT2D eigenvalue weighted by molar-refractivity contribution is 7.00. The van der Waals surface area contributed by atoms with Gasteiger partial charge in [-0.1, -0.05) is 128 Å². The summed E-state index contributed by atoms with van der Waals surface area (Å²) in [4.78, 5) is 0. The summed E-state index contributed by atoms with van der Waals surface area (Å²) in [5.41, 5.74) is 4.88. The van der Waals surface area contributed by atoms with Crippen molar-refractivity contribution in [1.29, 1.82) is 0 Å². The first-order chi connectivity index (χ1) is 26.2. The monoisotopic (exact) mass is 736 g/mol. The van der Waals surface area contributed by atoms with Crippen LogP contribution >= 0.6 is 11.7 Å². The van der Waals surface area contributed by atoms with E-state index in [1.165, 1.54) is 75.9 Å². The quantitative estimate of drug-likeness (QED) is 0.0527. The van der Waals surface area contributed by atoms with E-state index in [1.807, 2.05) is 48.5 Å². The van der Waals surface area contributed by atoms with Gasteiger partial charge in [-0.2, -0.15) is 8.75 Å². The Morgan fingerprint density at radius 3 is 1.13 bits per heavy atom. The van der Waals surface area contributed by atoms with Crippen LogP contribution < -0.4 is 18.9 Å². The van der Waals surface area contributed by atoms with Gasteiger partial charge in [0.2, 0.25) is 0 Å². The predicted octanol–water partition coefficient (Wildman–Crippen LogP) is 12.3. The average molecular weight is 737 g/mol. The number of ether oxygens (including phenoxy) is 4. The van der Waals surface area contributed by atoms with Gasteiger partial charge in [-0.25, -0.2) is 0 Å². The first kappa shape index (κ1) is 41.6. The van der Waals surface area contributed by atoms with Crippen LogP contribution in [0.25, 0.3) is 11.0 Å². The molecule has 0 atom stereocenters. The molecule has 6 nitrogen and oxygen atoms in total. The Morgan fingerprint density at radius 2 is 0.774 bits per heavy atom. The van der Waals surface area contributed by atoms with Crippen LogP contribution in [0.4, 0.5) is 0 Å². The lowest BCUT2D eigenvalue weighted by atomic mass is 10.1. The molecule has 3 aromatic carbocycles. The van der Waals surface area contributed by atoms with Gasteiger partial charge in [0.1, 0.15) is 11.0 Å². The summed E-state index contributed by atoms with van der Waals surface area (Å²) >= 11 is 1.18. The molecule has 0 aliphatic heterocycles. The number of unbranched alkanes of at least 4 members (excludes halogenated alkanes) is 12. The van der Waals surface area contributed by atoms with E-state index in [0.29, 0.717) is 26.4 Å². The van der Waals surface area contributed by atoms with Crippen molar-refractivity contribution in [2.45, 2.75) is 130 Å². The minimum atomic E-state index is 0.668. The Hall–Kier alpha value is -4.20. The van der Waals surface area contributed by atoms with Gasteiger partial charge in [-0.15, -0.1) is 0 Å². The fourth-order valence-electron chi connectivity index (χ4n) is 5.83. The van der Waals surface area contributed by atoms with Crippen LogP contribution in [0.3, 0.4) is 0 Å². The highest BCUT2D eigenvalue weighted by atomic mass is 32.1. The van der Waals surface area contributed by atoms with Crippen molar-refractivity contribution in [3.8, 4) is 46.7 Å². The van der Waals surface area contributed by atoms with Crippen LogP contribution in [0, 0.1) is 23.7 Å². The predicted molar refractivity (Wildman–Crippen MR) is 221 cm³/mol. The number of benzene rings is 3. The van der Waals surface area contributed by atoms with Crippen molar-refractivity contribution in [2.75, 3.05) is 26.4 Å². The third kappa shape index (κ3) is 14.6. The molecule has 0 bridgehead atoms. The summed E-state index contributed by atoms with van der Waals surface area (Å²) in [6.07, 6.45) is 18.5. The second-order valence-corrected chi connectivity index (χ2v) is 14.1. The van der Waals surface area contributed by atoms with Crippen LogP contribution in [-0.2, 0) is 0 Å². The maximum atomic E-state index is 6.23. The molecule has 0 radical (unpaired) electrons. The fourth-order valence-corrected chi connectivity index (χ4v) is 6.40. The number of nitrogens with zero attached hydrogens (tertiary/aromatic N) is 2. The van der Waals surface area contributed by atoms with Crippen LogP contribution in [-0.4, -0.2) is 35.2 Å². The molecule has 7 heteroatoms. The van der Waals surface area contributed by atoms with Crippen molar-refractivity contribution in [3.63, 3.8) is 0 Å². The molecule has 4 rings (SSSR count). The van der Waals surface area contributed by atoms with E-state index >= 15 is 0 Å². The summed E-state index contributed by atoms with van der Waals surface area (Å²) in [6, 6.07) is 15.9. The highest BCUT2D eigenvalue weighted by Crippen LogP contribution is 2.31. The largest absolute Gasteiger partial charge is 0.490 e. The van der Waals surface area contributed by atoms with Crippen LogP contribution in [0.5, 0.6) is 23.0 Å². The van der Waals surface area contributed by atoms with Gasteiger partial charge in [0.25, 0.3) is 0 Å². The van der Waals surface area contributed by atoms with Gasteiger partial charge in [-0.3, -0.25) is 0 Å². The third-order valence-corrected chi connectivity index (χ3v) is 9.54. The van der Waals surface area contributed by atoms with Crippen molar-refractivity contribution < 1.29 is 18.9 Å². The van der Waals surface area contributed by atoms with Crippen LogP contribution in [0.15, 0.2) is 48.5 Å². The van der Waals surface area contributed by atoms with Crippen molar-refractivity contribution in [1.82, 2.24) is 8.75 Å². The SMILES string of the molecule is CCCCCCOc1ccc(C#Cc2ccc(C#Cc3ccc(OCCCCCC)c(OCCCCCC)c3)c3nsnc23)cc1OCCCCCC.